The SMILES string of the molecule is COc1ccc(/C=C(\C#N)C(=O)NC(C)C)cc1COc1ccccc1C(N)=O. The van der Waals surface area contributed by atoms with E-state index in [1.165, 1.54) is 13.2 Å². The highest BCUT2D eigenvalue weighted by atomic mass is 16.5. The number of nitrogens with one attached hydrogen (secondary N) is 1. The maximum absolute atomic E-state index is 12.1. The van der Waals surface area contributed by atoms with E-state index in [4.69, 9.17) is 15.2 Å². The fourth-order valence-electron chi connectivity index (χ4n) is 2.61. The van der Waals surface area contributed by atoms with Gasteiger partial charge in [0.05, 0.1) is 12.7 Å². The summed E-state index contributed by atoms with van der Waals surface area (Å²) in [7, 11) is 1.53. The second-order valence-corrected chi connectivity index (χ2v) is 6.52. The number of carbonyl (C=O) groups excluding carboxylic acids is 2. The molecule has 2 aromatic carbocycles. The minimum atomic E-state index is -0.584. The maximum atomic E-state index is 12.1. The first kappa shape index (κ1) is 21.5. The van der Waals surface area contributed by atoms with Crippen molar-refractivity contribution in [1.82, 2.24) is 5.32 Å². The number of amides is 2. The third-order valence-corrected chi connectivity index (χ3v) is 3.94. The Hall–Kier alpha value is -3.79. The van der Waals surface area contributed by atoms with E-state index >= 15 is 0 Å². The van der Waals surface area contributed by atoms with Gasteiger partial charge in [0.15, 0.2) is 0 Å². The van der Waals surface area contributed by atoms with Crippen LogP contribution in [0.25, 0.3) is 6.08 Å². The molecule has 0 heterocycles. The highest BCUT2D eigenvalue weighted by Gasteiger charge is 2.13. The van der Waals surface area contributed by atoms with Gasteiger partial charge >= 0.3 is 0 Å². The van der Waals surface area contributed by atoms with Crippen molar-refractivity contribution in [2.75, 3.05) is 7.11 Å². The van der Waals surface area contributed by atoms with Gasteiger partial charge in [-0.25, -0.2) is 0 Å². The number of rotatable bonds is 8. The van der Waals surface area contributed by atoms with Crippen LogP contribution in [0.4, 0.5) is 0 Å². The first-order chi connectivity index (χ1) is 13.8. The molecule has 0 saturated heterocycles. The van der Waals surface area contributed by atoms with Crippen molar-refractivity contribution in [2.45, 2.75) is 26.5 Å². The third-order valence-electron chi connectivity index (χ3n) is 3.94. The average molecular weight is 393 g/mol. The molecule has 0 spiro atoms. The molecule has 0 radical (unpaired) electrons. The smallest absolute Gasteiger partial charge is 0.262 e. The van der Waals surface area contributed by atoms with Crippen LogP contribution in [0.1, 0.15) is 35.3 Å². The Morgan fingerprint density at radius 2 is 1.93 bits per heavy atom. The molecular formula is C22H23N3O4. The Morgan fingerprint density at radius 3 is 2.55 bits per heavy atom. The van der Waals surface area contributed by atoms with Crippen molar-refractivity contribution >= 4 is 17.9 Å². The summed E-state index contributed by atoms with van der Waals surface area (Å²) in [5.74, 6) is -0.0913. The zero-order valence-electron chi connectivity index (χ0n) is 16.6. The molecule has 0 unspecified atom stereocenters. The Labute approximate surface area is 169 Å². The highest BCUT2D eigenvalue weighted by molar-refractivity contribution is 6.01. The van der Waals surface area contributed by atoms with Crippen LogP contribution in [0, 0.1) is 11.3 Å². The Kier molecular flexibility index (Phi) is 7.38. The first-order valence-corrected chi connectivity index (χ1v) is 8.97. The van der Waals surface area contributed by atoms with Gasteiger partial charge in [-0.3, -0.25) is 9.59 Å². The predicted molar refractivity (Wildman–Crippen MR) is 109 cm³/mol. The van der Waals surface area contributed by atoms with Crippen molar-refractivity contribution < 1.29 is 19.1 Å². The summed E-state index contributed by atoms with van der Waals surface area (Å²) in [4.78, 5) is 23.7. The zero-order valence-corrected chi connectivity index (χ0v) is 16.6. The van der Waals surface area contributed by atoms with Crippen LogP contribution >= 0.6 is 0 Å². The van der Waals surface area contributed by atoms with Crippen molar-refractivity contribution in [3.63, 3.8) is 0 Å². The van der Waals surface area contributed by atoms with E-state index in [2.05, 4.69) is 5.32 Å². The number of nitrogens with zero attached hydrogens (tertiary/aromatic N) is 1. The number of hydrogen-bond acceptors (Lipinski definition) is 5. The van der Waals surface area contributed by atoms with E-state index in [-0.39, 0.29) is 23.8 Å². The van der Waals surface area contributed by atoms with Crippen molar-refractivity contribution in [3.05, 3.63) is 64.7 Å². The van der Waals surface area contributed by atoms with Gasteiger partial charge in [-0.15, -0.1) is 0 Å². The lowest BCUT2D eigenvalue weighted by Gasteiger charge is -2.13. The van der Waals surface area contributed by atoms with Crippen molar-refractivity contribution in [2.24, 2.45) is 5.73 Å². The molecule has 0 aliphatic rings. The van der Waals surface area contributed by atoms with Crippen LogP contribution < -0.4 is 20.5 Å². The minimum Gasteiger partial charge on any atom is -0.496 e. The number of methoxy groups -OCH3 is 1. The molecule has 29 heavy (non-hydrogen) atoms. The quantitative estimate of drug-likeness (QED) is 0.529. The minimum absolute atomic E-state index is 0.00481. The van der Waals surface area contributed by atoms with E-state index in [0.29, 0.717) is 22.6 Å². The summed E-state index contributed by atoms with van der Waals surface area (Å²) >= 11 is 0. The van der Waals surface area contributed by atoms with Gasteiger partial charge in [0.2, 0.25) is 0 Å². The lowest BCUT2D eigenvalue weighted by atomic mass is 10.1. The molecule has 150 valence electrons. The normalized spacial score (nSPS) is 10.9. The Balaban J connectivity index is 2.29. The zero-order chi connectivity index (χ0) is 21.4. The molecule has 2 rings (SSSR count). The summed E-state index contributed by atoms with van der Waals surface area (Å²) in [5, 5.41) is 12.0. The van der Waals surface area contributed by atoms with E-state index in [1.807, 2.05) is 19.9 Å². The van der Waals surface area contributed by atoms with E-state index in [1.54, 1.807) is 42.5 Å². The van der Waals surface area contributed by atoms with Crippen LogP contribution in [-0.4, -0.2) is 25.0 Å². The first-order valence-electron chi connectivity index (χ1n) is 8.97. The lowest BCUT2D eigenvalue weighted by molar-refractivity contribution is -0.117. The molecule has 3 N–H and O–H groups in total. The molecule has 7 nitrogen and oxygen atoms in total. The van der Waals surface area contributed by atoms with Crippen LogP contribution in [0.2, 0.25) is 0 Å². The Bertz CT molecular complexity index is 974. The molecule has 0 saturated carbocycles. The number of primary amides is 1. The lowest BCUT2D eigenvalue weighted by Crippen LogP contribution is -2.30. The van der Waals surface area contributed by atoms with Gasteiger partial charge < -0.3 is 20.5 Å². The molecule has 0 aromatic heterocycles. The van der Waals surface area contributed by atoms with Gasteiger partial charge in [0, 0.05) is 11.6 Å². The number of para-hydroxylation sites is 1. The number of hydrogen-bond donors (Lipinski definition) is 2. The fourth-order valence-corrected chi connectivity index (χ4v) is 2.61. The molecule has 0 atom stereocenters. The summed E-state index contributed by atoms with van der Waals surface area (Å²) in [6, 6.07) is 13.7. The van der Waals surface area contributed by atoms with Crippen LogP contribution in [0.3, 0.4) is 0 Å². The number of benzene rings is 2. The van der Waals surface area contributed by atoms with Gasteiger partial charge in [0.1, 0.15) is 29.7 Å². The van der Waals surface area contributed by atoms with Crippen molar-refractivity contribution in [1.29, 1.82) is 5.26 Å². The summed E-state index contributed by atoms with van der Waals surface area (Å²) in [6.45, 7) is 3.74. The van der Waals surface area contributed by atoms with Crippen molar-refractivity contribution in [3.8, 4) is 17.6 Å². The standard InChI is InChI=1S/C22H23N3O4/c1-14(2)25-22(27)16(12-23)10-15-8-9-19(28-3)17(11-15)13-29-20-7-5-4-6-18(20)21(24)26/h4-11,14H,13H2,1-3H3,(H2,24,26)(H,25,27)/b16-10+. The fraction of sp³-hybridized carbons (Fsp3) is 0.227. The molecular weight excluding hydrogens is 370 g/mol. The van der Waals surface area contributed by atoms with Gasteiger partial charge in [-0.05, 0) is 49.8 Å². The monoisotopic (exact) mass is 393 g/mol. The van der Waals surface area contributed by atoms with E-state index in [9.17, 15) is 14.9 Å². The molecule has 0 bridgehead atoms. The predicted octanol–water partition coefficient (Wildman–Crippen LogP) is 2.80. The molecule has 0 aliphatic carbocycles. The van der Waals surface area contributed by atoms with Crippen LogP contribution in [0.15, 0.2) is 48.0 Å². The van der Waals surface area contributed by atoms with Gasteiger partial charge in [-0.1, -0.05) is 18.2 Å². The van der Waals surface area contributed by atoms with Crippen LogP contribution in [0.5, 0.6) is 11.5 Å². The van der Waals surface area contributed by atoms with E-state index in [0.717, 1.165) is 0 Å². The molecule has 0 aliphatic heterocycles. The van der Waals surface area contributed by atoms with Gasteiger partial charge in [0.25, 0.3) is 11.8 Å². The second-order valence-electron chi connectivity index (χ2n) is 6.52. The largest absolute Gasteiger partial charge is 0.496 e. The molecule has 0 fully saturated rings. The summed E-state index contributed by atoms with van der Waals surface area (Å²) < 4.78 is 11.1. The van der Waals surface area contributed by atoms with Crippen LogP contribution in [-0.2, 0) is 11.4 Å². The number of carbonyl (C=O) groups is 2. The average Bonchev–Trinajstić information content (AvgIpc) is 2.70. The molecule has 2 aromatic rings. The molecule has 2 amide bonds. The number of nitrogens with two attached hydrogens (primary N) is 1. The topological polar surface area (TPSA) is 114 Å². The number of ether oxygens (including phenoxy) is 2. The second kappa shape index (κ2) is 9.95. The Morgan fingerprint density at radius 1 is 1.21 bits per heavy atom. The third kappa shape index (κ3) is 5.84. The van der Waals surface area contributed by atoms with Gasteiger partial charge in [-0.2, -0.15) is 5.26 Å². The summed E-state index contributed by atoms with van der Waals surface area (Å²) in [6.07, 6.45) is 1.50. The van der Waals surface area contributed by atoms with E-state index < -0.39 is 11.8 Å². The highest BCUT2D eigenvalue weighted by Crippen LogP contribution is 2.25. The molecule has 7 heteroatoms. The summed E-state index contributed by atoms with van der Waals surface area (Å²) in [5.41, 5.74) is 6.97. The maximum Gasteiger partial charge on any atom is 0.262 e. The number of nitriles is 1.